The minimum atomic E-state index is 0.672. The SMILES string of the molecule is Cc1ccnc2c1[nH]c(=S)n2Cc1ccoc1. The number of aryl methyl sites for hydroxylation is 1. The average molecular weight is 245 g/mol. The van der Waals surface area contributed by atoms with E-state index in [0.29, 0.717) is 11.3 Å². The lowest BCUT2D eigenvalue weighted by Gasteiger charge is -2.01. The van der Waals surface area contributed by atoms with E-state index >= 15 is 0 Å². The molecule has 0 saturated heterocycles. The van der Waals surface area contributed by atoms with Gasteiger partial charge >= 0.3 is 0 Å². The number of fused-ring (bicyclic) bond motifs is 1. The third kappa shape index (κ3) is 1.68. The molecule has 3 aromatic rings. The van der Waals surface area contributed by atoms with Crippen molar-refractivity contribution in [2.24, 2.45) is 0 Å². The molecule has 0 amide bonds. The Hall–Kier alpha value is -1.88. The van der Waals surface area contributed by atoms with Crippen LogP contribution in [0.5, 0.6) is 0 Å². The number of furan rings is 1. The Labute approximate surface area is 103 Å². The van der Waals surface area contributed by atoms with Gasteiger partial charge in [-0.25, -0.2) is 4.98 Å². The molecule has 86 valence electrons. The summed E-state index contributed by atoms with van der Waals surface area (Å²) in [6.45, 7) is 2.71. The lowest BCUT2D eigenvalue weighted by Crippen LogP contribution is -1.99. The number of imidazole rings is 1. The third-order valence-corrected chi connectivity index (χ3v) is 3.12. The Morgan fingerprint density at radius 1 is 1.47 bits per heavy atom. The van der Waals surface area contributed by atoms with Gasteiger partial charge in [0.2, 0.25) is 0 Å². The summed E-state index contributed by atoms with van der Waals surface area (Å²) in [7, 11) is 0. The number of rotatable bonds is 2. The highest BCUT2D eigenvalue weighted by Gasteiger charge is 2.08. The van der Waals surface area contributed by atoms with Gasteiger partial charge in [-0.1, -0.05) is 0 Å². The van der Waals surface area contributed by atoms with Crippen LogP contribution in [0.25, 0.3) is 11.2 Å². The molecule has 5 heteroatoms. The van der Waals surface area contributed by atoms with E-state index in [-0.39, 0.29) is 0 Å². The van der Waals surface area contributed by atoms with Crippen LogP contribution in [0.4, 0.5) is 0 Å². The summed E-state index contributed by atoms with van der Waals surface area (Å²) in [5, 5.41) is 0. The van der Waals surface area contributed by atoms with Crippen molar-refractivity contribution < 1.29 is 4.42 Å². The Bertz CT molecular complexity index is 709. The van der Waals surface area contributed by atoms with E-state index in [1.165, 1.54) is 0 Å². The second-order valence-electron chi connectivity index (χ2n) is 3.97. The van der Waals surface area contributed by atoms with Gasteiger partial charge in [0.15, 0.2) is 10.4 Å². The second-order valence-corrected chi connectivity index (χ2v) is 4.36. The van der Waals surface area contributed by atoms with Crippen molar-refractivity contribution in [2.75, 3.05) is 0 Å². The predicted molar refractivity (Wildman–Crippen MR) is 67.5 cm³/mol. The summed E-state index contributed by atoms with van der Waals surface area (Å²) in [6, 6.07) is 3.90. The average Bonchev–Trinajstić information content (AvgIpc) is 2.91. The molecule has 0 aromatic carbocycles. The smallest absolute Gasteiger partial charge is 0.179 e. The quantitative estimate of drug-likeness (QED) is 0.706. The van der Waals surface area contributed by atoms with E-state index in [0.717, 1.165) is 22.3 Å². The lowest BCUT2D eigenvalue weighted by atomic mass is 10.3. The summed E-state index contributed by atoms with van der Waals surface area (Å²) in [4.78, 5) is 7.57. The summed E-state index contributed by atoms with van der Waals surface area (Å²) >= 11 is 5.32. The maximum Gasteiger partial charge on any atom is 0.179 e. The minimum absolute atomic E-state index is 0.672. The molecule has 0 fully saturated rings. The number of hydrogen-bond donors (Lipinski definition) is 1. The first-order valence-electron chi connectivity index (χ1n) is 5.31. The number of nitrogens with one attached hydrogen (secondary N) is 1. The van der Waals surface area contributed by atoms with Crippen LogP contribution in [-0.4, -0.2) is 14.5 Å². The Morgan fingerprint density at radius 2 is 2.35 bits per heavy atom. The molecule has 3 aromatic heterocycles. The highest BCUT2D eigenvalue weighted by atomic mass is 32.1. The minimum Gasteiger partial charge on any atom is -0.472 e. The molecule has 4 nitrogen and oxygen atoms in total. The topological polar surface area (TPSA) is 46.8 Å². The van der Waals surface area contributed by atoms with Crippen molar-refractivity contribution >= 4 is 23.4 Å². The summed E-state index contributed by atoms with van der Waals surface area (Å²) in [6.07, 6.45) is 5.18. The maximum absolute atomic E-state index is 5.32. The first kappa shape index (κ1) is 10.3. The Balaban J connectivity index is 2.19. The summed E-state index contributed by atoms with van der Waals surface area (Å²) < 4.78 is 7.72. The standard InChI is InChI=1S/C12H11N3OS/c1-8-2-4-13-11-10(8)14-12(17)15(11)6-9-3-5-16-7-9/h2-5,7H,6H2,1H3,(H,14,17). The van der Waals surface area contributed by atoms with Gasteiger partial charge in [-0.15, -0.1) is 0 Å². The molecule has 3 heterocycles. The molecule has 0 radical (unpaired) electrons. The number of H-pyrrole nitrogens is 1. The maximum atomic E-state index is 5.32. The van der Waals surface area contributed by atoms with Crippen LogP contribution >= 0.6 is 12.2 Å². The third-order valence-electron chi connectivity index (χ3n) is 2.79. The van der Waals surface area contributed by atoms with Crippen molar-refractivity contribution in [3.8, 4) is 0 Å². The van der Waals surface area contributed by atoms with Gasteiger partial charge in [-0.05, 0) is 36.8 Å². The molecule has 0 aliphatic heterocycles. The zero-order valence-electron chi connectivity index (χ0n) is 9.30. The molecule has 0 atom stereocenters. The van der Waals surface area contributed by atoms with E-state index in [4.69, 9.17) is 16.6 Å². The first-order chi connectivity index (χ1) is 8.25. The lowest BCUT2D eigenvalue weighted by molar-refractivity contribution is 0.562. The zero-order valence-corrected chi connectivity index (χ0v) is 10.1. The van der Waals surface area contributed by atoms with E-state index in [1.807, 2.05) is 23.6 Å². The van der Waals surface area contributed by atoms with Gasteiger partial charge in [-0.2, -0.15) is 0 Å². The molecule has 0 saturated carbocycles. The normalized spacial score (nSPS) is 11.1. The van der Waals surface area contributed by atoms with Gasteiger partial charge in [0, 0.05) is 11.8 Å². The fraction of sp³-hybridized carbons (Fsp3) is 0.167. The van der Waals surface area contributed by atoms with Crippen molar-refractivity contribution in [3.63, 3.8) is 0 Å². The van der Waals surface area contributed by atoms with Gasteiger partial charge < -0.3 is 9.40 Å². The van der Waals surface area contributed by atoms with E-state index in [2.05, 4.69) is 9.97 Å². The largest absolute Gasteiger partial charge is 0.472 e. The summed E-state index contributed by atoms with van der Waals surface area (Å²) in [5.74, 6) is 0. The number of pyridine rings is 1. The fourth-order valence-electron chi connectivity index (χ4n) is 1.89. The Morgan fingerprint density at radius 3 is 3.12 bits per heavy atom. The number of nitrogens with zero attached hydrogens (tertiary/aromatic N) is 2. The molecule has 0 bridgehead atoms. The van der Waals surface area contributed by atoms with Crippen LogP contribution in [0.3, 0.4) is 0 Å². The van der Waals surface area contributed by atoms with Gasteiger partial charge in [-0.3, -0.25) is 4.57 Å². The van der Waals surface area contributed by atoms with Crippen LogP contribution in [0.2, 0.25) is 0 Å². The molecule has 0 aliphatic carbocycles. The predicted octanol–water partition coefficient (Wildman–Crippen LogP) is 3.04. The van der Waals surface area contributed by atoms with Crippen molar-refractivity contribution in [1.29, 1.82) is 0 Å². The monoisotopic (exact) mass is 245 g/mol. The van der Waals surface area contributed by atoms with Gasteiger partial charge in [0.1, 0.15) is 0 Å². The van der Waals surface area contributed by atoms with Crippen LogP contribution in [0, 0.1) is 11.7 Å². The number of aromatic amines is 1. The molecule has 17 heavy (non-hydrogen) atoms. The molecule has 0 unspecified atom stereocenters. The van der Waals surface area contributed by atoms with Crippen LogP contribution < -0.4 is 0 Å². The number of aromatic nitrogens is 3. The zero-order chi connectivity index (χ0) is 11.8. The molecule has 0 aliphatic rings. The van der Waals surface area contributed by atoms with Crippen LogP contribution in [-0.2, 0) is 6.54 Å². The van der Waals surface area contributed by atoms with Crippen molar-refractivity contribution in [1.82, 2.24) is 14.5 Å². The first-order valence-corrected chi connectivity index (χ1v) is 5.72. The molecular formula is C12H11N3OS. The van der Waals surface area contributed by atoms with Crippen molar-refractivity contribution in [3.05, 3.63) is 46.8 Å². The highest BCUT2D eigenvalue weighted by Crippen LogP contribution is 2.16. The number of hydrogen-bond acceptors (Lipinski definition) is 3. The molecule has 1 N–H and O–H groups in total. The molecule has 3 rings (SSSR count). The van der Waals surface area contributed by atoms with E-state index in [1.54, 1.807) is 18.7 Å². The van der Waals surface area contributed by atoms with Gasteiger partial charge in [0.25, 0.3) is 0 Å². The van der Waals surface area contributed by atoms with Crippen molar-refractivity contribution in [2.45, 2.75) is 13.5 Å². The van der Waals surface area contributed by atoms with E-state index < -0.39 is 0 Å². The van der Waals surface area contributed by atoms with Gasteiger partial charge in [0.05, 0.1) is 24.6 Å². The Kier molecular flexibility index (Phi) is 2.33. The highest BCUT2D eigenvalue weighted by molar-refractivity contribution is 7.71. The van der Waals surface area contributed by atoms with Crippen LogP contribution in [0.1, 0.15) is 11.1 Å². The van der Waals surface area contributed by atoms with E-state index in [9.17, 15) is 0 Å². The fourth-order valence-corrected chi connectivity index (χ4v) is 2.14. The molecular weight excluding hydrogens is 234 g/mol. The van der Waals surface area contributed by atoms with Crippen LogP contribution in [0.15, 0.2) is 35.3 Å². The second kappa shape index (κ2) is 3.85. The molecule has 0 spiro atoms. The summed E-state index contributed by atoms with van der Waals surface area (Å²) in [5.41, 5.74) is 4.11.